The summed E-state index contributed by atoms with van der Waals surface area (Å²) in [6, 6.07) is 6.91. The highest BCUT2D eigenvalue weighted by atomic mass is 79.9. The van der Waals surface area contributed by atoms with Gasteiger partial charge < -0.3 is 0 Å². The molecule has 0 N–H and O–H groups in total. The van der Waals surface area contributed by atoms with Crippen molar-refractivity contribution in [1.82, 2.24) is 4.98 Å². The lowest BCUT2D eigenvalue weighted by molar-refractivity contribution is 0.462. The smallest absolute Gasteiger partial charge is 0.241 e. The molecule has 21 heavy (non-hydrogen) atoms. The van der Waals surface area contributed by atoms with E-state index in [1.807, 2.05) is 0 Å². The van der Waals surface area contributed by atoms with Crippen LogP contribution in [-0.4, -0.2) is 4.98 Å². The number of hydrogen-bond acceptors (Lipinski definition) is 1. The van der Waals surface area contributed by atoms with Crippen LogP contribution >= 0.6 is 37.4 Å². The van der Waals surface area contributed by atoms with Gasteiger partial charge in [-0.2, -0.15) is 0 Å². The van der Waals surface area contributed by atoms with Crippen LogP contribution in [0.2, 0.25) is 5.02 Å². The molecule has 0 fully saturated rings. The molecule has 0 aliphatic heterocycles. The average Bonchev–Trinajstić information content (AvgIpc) is 2.38. The molecule has 1 aromatic heterocycles. The van der Waals surface area contributed by atoms with Crippen LogP contribution < -0.4 is 0 Å². The van der Waals surface area contributed by atoms with Crippen molar-refractivity contribution >= 4 is 37.4 Å². The summed E-state index contributed by atoms with van der Waals surface area (Å²) < 4.78 is 56.1. The van der Waals surface area contributed by atoms with Gasteiger partial charge in [0.2, 0.25) is 0 Å². The molecule has 2 aromatic rings. The molecule has 0 spiro atoms. The van der Waals surface area contributed by atoms with Crippen LogP contribution in [0.25, 0.3) is 0 Å². The van der Waals surface area contributed by atoms with Gasteiger partial charge in [0.25, 0.3) is 9.84 Å². The third-order valence-corrected chi connectivity index (χ3v) is 4.68. The number of nitrogens with zero attached hydrogens (tertiary/aromatic N) is 1. The van der Waals surface area contributed by atoms with E-state index in [1.165, 1.54) is 24.3 Å². The van der Waals surface area contributed by atoms with E-state index in [4.69, 9.17) is 11.6 Å². The van der Waals surface area contributed by atoms with Crippen LogP contribution in [0.3, 0.4) is 0 Å². The highest BCUT2D eigenvalue weighted by Gasteiger charge is 2.65. The van der Waals surface area contributed by atoms with E-state index in [1.54, 1.807) is 5.92 Å². The van der Waals surface area contributed by atoms with Gasteiger partial charge in [-0.05, 0) is 58.2 Å². The Hall–Kier alpha value is -1.23. The van der Waals surface area contributed by atoms with Gasteiger partial charge in [-0.3, -0.25) is 0 Å². The molecule has 0 aliphatic rings. The number of aromatic nitrogens is 1. The summed E-state index contributed by atoms with van der Waals surface area (Å²) in [6.07, 6.45) is 0.873. The lowest BCUT2D eigenvalue weighted by Gasteiger charge is -2.43. The zero-order chi connectivity index (χ0) is 15.8. The predicted octanol–water partition coefficient (Wildman–Crippen LogP) is 6.28. The van der Waals surface area contributed by atoms with Crippen molar-refractivity contribution < 1.29 is 15.5 Å². The van der Waals surface area contributed by atoms with E-state index in [9.17, 15) is 15.5 Å². The van der Waals surface area contributed by atoms with Crippen molar-refractivity contribution in [3.8, 4) is 11.2 Å². The molecule has 1 aromatic carbocycles. The normalized spacial score (nSPS) is 14.6. The fraction of sp³-hybridized carbons (Fsp3) is 0. The Morgan fingerprint density at radius 1 is 1.00 bits per heavy atom. The van der Waals surface area contributed by atoms with Gasteiger partial charge in [-0.25, -0.2) is 4.98 Å². The topological polar surface area (TPSA) is 12.9 Å². The molecule has 0 aliphatic carbocycles. The maximum Gasteiger partial charge on any atom is 0.255 e. The number of benzene rings is 1. The van der Waals surface area contributed by atoms with Crippen LogP contribution in [0, 0.1) is 11.2 Å². The first-order valence-corrected chi connectivity index (χ1v) is 8.63. The van der Waals surface area contributed by atoms with Crippen molar-refractivity contribution in [2.75, 3.05) is 0 Å². The number of hydrogen-bond donors (Lipinski definition) is 0. The Morgan fingerprint density at radius 2 is 1.62 bits per heavy atom. The molecule has 0 saturated carbocycles. The highest BCUT2D eigenvalue weighted by Crippen LogP contribution is 2.99. The second-order valence-corrected chi connectivity index (χ2v) is 8.23. The van der Waals surface area contributed by atoms with E-state index >= 15 is 0 Å². The summed E-state index contributed by atoms with van der Waals surface area (Å²) in [6.45, 7) is 0. The Kier molecular flexibility index (Phi) is 3.56. The number of pyridine rings is 1. The van der Waals surface area contributed by atoms with E-state index in [2.05, 4.69) is 20.9 Å². The van der Waals surface area contributed by atoms with Crippen LogP contribution in [0.1, 0.15) is 5.56 Å². The van der Waals surface area contributed by atoms with Gasteiger partial charge in [0, 0.05) is 26.5 Å². The summed E-state index contributed by atoms with van der Waals surface area (Å²) in [5.41, 5.74) is 0.00658. The summed E-state index contributed by atoms with van der Waals surface area (Å²) in [7, 11) is -8.75. The summed E-state index contributed by atoms with van der Waals surface area (Å²) >= 11 is 8.56. The van der Waals surface area contributed by atoms with Gasteiger partial charge in [0.05, 0.1) is 0 Å². The van der Waals surface area contributed by atoms with Gasteiger partial charge in [0.1, 0.15) is 0 Å². The first-order chi connectivity index (χ1) is 9.49. The third kappa shape index (κ3) is 3.90. The third-order valence-electron chi connectivity index (χ3n) is 2.37. The van der Waals surface area contributed by atoms with Gasteiger partial charge in [-0.15, -0.1) is 15.5 Å². The van der Waals surface area contributed by atoms with Crippen molar-refractivity contribution in [3.05, 3.63) is 57.7 Å². The number of halogens is 6. The van der Waals surface area contributed by atoms with Crippen LogP contribution in [0.5, 0.6) is 0 Å². The van der Waals surface area contributed by atoms with Gasteiger partial charge in [-0.1, -0.05) is 11.6 Å². The van der Waals surface area contributed by atoms with Crippen LogP contribution in [0.4, 0.5) is 15.5 Å². The molecule has 112 valence electrons. The average molecular weight is 401 g/mol. The lowest BCUT2D eigenvalue weighted by atomic mass is 10.2. The molecule has 0 radical (unpaired) electrons. The van der Waals surface area contributed by atoms with E-state index in [0.29, 0.717) is 15.6 Å². The SMILES string of the molecule is FS(F)(F)(F)(C#Cc1ccc(Cl)cc1)c1ccc(Br)cn1. The summed E-state index contributed by atoms with van der Waals surface area (Å²) in [4.78, 5) is 3.10. The Balaban J connectivity index is 2.52. The molecule has 1 nitrogen and oxygen atoms in total. The quantitative estimate of drug-likeness (QED) is 0.405. The van der Waals surface area contributed by atoms with Crippen molar-refractivity contribution in [2.24, 2.45) is 0 Å². The first kappa shape index (κ1) is 16.1. The highest BCUT2D eigenvalue weighted by molar-refractivity contribution is 9.10. The van der Waals surface area contributed by atoms with Crippen molar-refractivity contribution in [1.29, 1.82) is 0 Å². The maximum absolute atomic E-state index is 13.9. The fourth-order valence-electron chi connectivity index (χ4n) is 1.35. The molecular weight excluding hydrogens is 394 g/mol. The van der Waals surface area contributed by atoms with Crippen molar-refractivity contribution in [2.45, 2.75) is 5.03 Å². The summed E-state index contributed by atoms with van der Waals surface area (Å²) in [5, 5.41) is -0.412. The largest absolute Gasteiger partial charge is 0.255 e. The molecule has 0 atom stereocenters. The molecular formula is C13H7BrClF4NS. The molecule has 0 saturated heterocycles. The molecule has 0 unspecified atom stereocenters. The lowest BCUT2D eigenvalue weighted by Crippen LogP contribution is -2.12. The Bertz CT molecular complexity index is 744. The summed E-state index contributed by atoms with van der Waals surface area (Å²) in [5.74, 6) is 1.80. The minimum atomic E-state index is -8.75. The molecule has 2 rings (SSSR count). The zero-order valence-corrected chi connectivity index (χ0v) is 13.3. The van der Waals surface area contributed by atoms with Gasteiger partial charge in [0.15, 0.2) is 5.03 Å². The second kappa shape index (κ2) is 4.63. The van der Waals surface area contributed by atoms with E-state index < -0.39 is 14.9 Å². The fourth-order valence-corrected chi connectivity index (χ4v) is 2.75. The Labute approximate surface area is 131 Å². The van der Waals surface area contributed by atoms with Crippen LogP contribution in [-0.2, 0) is 0 Å². The maximum atomic E-state index is 13.9. The van der Waals surface area contributed by atoms with E-state index in [0.717, 1.165) is 17.5 Å². The second-order valence-electron chi connectivity index (χ2n) is 4.12. The first-order valence-electron chi connectivity index (χ1n) is 5.41. The van der Waals surface area contributed by atoms with Crippen LogP contribution in [0.15, 0.2) is 52.1 Å². The standard InChI is InChI=1S/C13H7BrClF4NS/c14-11-3-6-13(20-9-11)21(16,17,18,19)8-7-10-1-4-12(15)5-2-10/h1-6,9H. The zero-order valence-electron chi connectivity index (χ0n) is 10.2. The minimum Gasteiger partial charge on any atom is -0.241 e. The molecule has 1 heterocycles. The predicted molar refractivity (Wildman–Crippen MR) is 80.6 cm³/mol. The molecule has 8 heteroatoms. The van der Waals surface area contributed by atoms with E-state index in [-0.39, 0.29) is 5.56 Å². The molecule has 0 amide bonds. The van der Waals surface area contributed by atoms with Crippen molar-refractivity contribution in [3.63, 3.8) is 0 Å². The van der Waals surface area contributed by atoms with Gasteiger partial charge >= 0.3 is 0 Å². The number of rotatable bonds is 1. The minimum absolute atomic E-state index is 0.00658. The Morgan fingerprint density at radius 3 is 2.14 bits per heavy atom. The monoisotopic (exact) mass is 399 g/mol. The molecule has 0 bridgehead atoms.